The molecule has 0 saturated carbocycles. The van der Waals surface area contributed by atoms with Gasteiger partial charge >= 0.3 is 0 Å². The monoisotopic (exact) mass is 381 g/mol. The SMILES string of the molecule is CC(=O)Nc1ccc(S(=O)(=O)Nc2ccccc2Nc2ccccc2)cc1. The molecule has 0 spiro atoms. The minimum atomic E-state index is -3.78. The van der Waals surface area contributed by atoms with Crippen LogP contribution in [0.2, 0.25) is 0 Å². The molecular formula is C20H19N3O3S. The molecule has 6 nitrogen and oxygen atoms in total. The van der Waals surface area contributed by atoms with Gasteiger partial charge in [0.2, 0.25) is 5.91 Å². The van der Waals surface area contributed by atoms with Crippen LogP contribution in [0.15, 0.2) is 83.8 Å². The highest BCUT2D eigenvalue weighted by molar-refractivity contribution is 7.92. The average Bonchev–Trinajstić information content (AvgIpc) is 2.64. The van der Waals surface area contributed by atoms with Gasteiger partial charge in [0.25, 0.3) is 10.0 Å². The Hall–Kier alpha value is -3.32. The molecule has 0 aliphatic carbocycles. The molecule has 3 aromatic carbocycles. The highest BCUT2D eigenvalue weighted by Gasteiger charge is 2.16. The van der Waals surface area contributed by atoms with Crippen molar-refractivity contribution in [1.29, 1.82) is 0 Å². The molecule has 0 aliphatic heterocycles. The summed E-state index contributed by atoms with van der Waals surface area (Å²) in [7, 11) is -3.78. The molecule has 0 bridgehead atoms. The van der Waals surface area contributed by atoms with Crippen molar-refractivity contribution in [2.24, 2.45) is 0 Å². The standard InChI is InChI=1S/C20H19N3O3S/c1-15(24)21-17-11-13-18(14-12-17)27(25,26)23-20-10-6-5-9-19(20)22-16-7-3-2-4-8-16/h2-14,22-23H,1H3,(H,21,24). The smallest absolute Gasteiger partial charge is 0.261 e. The third kappa shape index (κ3) is 4.86. The Kier molecular flexibility index (Phi) is 5.42. The Balaban J connectivity index is 1.83. The van der Waals surface area contributed by atoms with Crippen LogP contribution in [0.5, 0.6) is 0 Å². The lowest BCUT2D eigenvalue weighted by Crippen LogP contribution is -2.14. The first-order valence-corrected chi connectivity index (χ1v) is 9.74. The van der Waals surface area contributed by atoms with E-state index < -0.39 is 10.0 Å². The summed E-state index contributed by atoms with van der Waals surface area (Å²) >= 11 is 0. The molecule has 1 amide bonds. The van der Waals surface area contributed by atoms with Gasteiger partial charge in [0, 0.05) is 18.3 Å². The molecular weight excluding hydrogens is 362 g/mol. The lowest BCUT2D eigenvalue weighted by atomic mass is 10.2. The van der Waals surface area contributed by atoms with Crippen LogP contribution in [0.3, 0.4) is 0 Å². The largest absolute Gasteiger partial charge is 0.354 e. The molecule has 7 heteroatoms. The van der Waals surface area contributed by atoms with Gasteiger partial charge in [-0.05, 0) is 48.5 Å². The van der Waals surface area contributed by atoms with Gasteiger partial charge < -0.3 is 10.6 Å². The zero-order chi connectivity index (χ0) is 19.3. The average molecular weight is 381 g/mol. The third-order valence-corrected chi connectivity index (χ3v) is 5.09. The number of carbonyl (C=O) groups is 1. The normalized spacial score (nSPS) is 10.9. The first kappa shape index (κ1) is 18.5. The number of hydrogen-bond donors (Lipinski definition) is 3. The fourth-order valence-electron chi connectivity index (χ4n) is 2.48. The fourth-order valence-corrected chi connectivity index (χ4v) is 3.56. The van der Waals surface area contributed by atoms with E-state index in [1.165, 1.54) is 19.1 Å². The summed E-state index contributed by atoms with van der Waals surface area (Å²) in [5.74, 6) is -0.218. The van der Waals surface area contributed by atoms with E-state index in [4.69, 9.17) is 0 Å². The van der Waals surface area contributed by atoms with Crippen molar-refractivity contribution in [3.63, 3.8) is 0 Å². The van der Waals surface area contributed by atoms with Crippen LogP contribution in [0.1, 0.15) is 6.92 Å². The highest BCUT2D eigenvalue weighted by atomic mass is 32.2. The van der Waals surface area contributed by atoms with Crippen LogP contribution in [-0.4, -0.2) is 14.3 Å². The Morgan fingerprint density at radius 2 is 1.33 bits per heavy atom. The van der Waals surface area contributed by atoms with Crippen LogP contribution in [0.25, 0.3) is 0 Å². The summed E-state index contributed by atoms with van der Waals surface area (Å²) < 4.78 is 28.0. The second-order valence-electron chi connectivity index (χ2n) is 5.85. The van der Waals surface area contributed by atoms with Crippen molar-refractivity contribution in [2.75, 3.05) is 15.4 Å². The summed E-state index contributed by atoms with van der Waals surface area (Å²) in [5, 5.41) is 5.81. The topological polar surface area (TPSA) is 87.3 Å². The van der Waals surface area contributed by atoms with Gasteiger partial charge in [-0.25, -0.2) is 8.42 Å². The summed E-state index contributed by atoms with van der Waals surface area (Å²) in [6.07, 6.45) is 0. The number of amides is 1. The van der Waals surface area contributed by atoms with Gasteiger partial charge in [-0.15, -0.1) is 0 Å². The molecule has 3 N–H and O–H groups in total. The van der Waals surface area contributed by atoms with E-state index in [1.807, 2.05) is 36.4 Å². The van der Waals surface area contributed by atoms with Crippen molar-refractivity contribution in [3.8, 4) is 0 Å². The van der Waals surface area contributed by atoms with Crippen molar-refractivity contribution in [2.45, 2.75) is 11.8 Å². The molecule has 0 aliphatic rings. The zero-order valence-electron chi connectivity index (χ0n) is 14.6. The second kappa shape index (κ2) is 7.92. The van der Waals surface area contributed by atoms with E-state index >= 15 is 0 Å². The molecule has 0 fully saturated rings. The quantitative estimate of drug-likeness (QED) is 0.597. The molecule has 138 valence electrons. The van der Waals surface area contributed by atoms with Crippen molar-refractivity contribution in [1.82, 2.24) is 0 Å². The molecule has 3 rings (SSSR count). The minimum absolute atomic E-state index is 0.103. The van der Waals surface area contributed by atoms with Gasteiger partial charge in [0.15, 0.2) is 0 Å². The molecule has 0 heterocycles. The lowest BCUT2D eigenvalue weighted by Gasteiger charge is -2.14. The predicted molar refractivity (Wildman–Crippen MR) is 108 cm³/mol. The molecule has 0 atom stereocenters. The minimum Gasteiger partial charge on any atom is -0.354 e. The predicted octanol–water partition coefficient (Wildman–Crippen LogP) is 4.19. The zero-order valence-corrected chi connectivity index (χ0v) is 15.5. The maximum Gasteiger partial charge on any atom is 0.261 e. The maximum atomic E-state index is 12.7. The number of para-hydroxylation sites is 3. The van der Waals surface area contributed by atoms with E-state index in [-0.39, 0.29) is 10.8 Å². The molecule has 3 aromatic rings. The Labute approximate surface area is 158 Å². The van der Waals surface area contributed by atoms with E-state index in [0.29, 0.717) is 17.1 Å². The van der Waals surface area contributed by atoms with Crippen LogP contribution in [-0.2, 0) is 14.8 Å². The number of rotatable bonds is 6. The number of nitrogens with one attached hydrogen (secondary N) is 3. The summed E-state index contributed by atoms with van der Waals surface area (Å²) in [5.41, 5.74) is 2.46. The van der Waals surface area contributed by atoms with Gasteiger partial charge in [-0.1, -0.05) is 30.3 Å². The van der Waals surface area contributed by atoms with E-state index in [2.05, 4.69) is 15.4 Å². The van der Waals surface area contributed by atoms with Crippen LogP contribution >= 0.6 is 0 Å². The molecule has 0 saturated heterocycles. The van der Waals surface area contributed by atoms with Crippen molar-refractivity contribution < 1.29 is 13.2 Å². The summed E-state index contributed by atoms with van der Waals surface area (Å²) in [6.45, 7) is 1.39. The van der Waals surface area contributed by atoms with E-state index in [0.717, 1.165) is 5.69 Å². The van der Waals surface area contributed by atoms with Crippen molar-refractivity contribution >= 4 is 38.7 Å². The van der Waals surface area contributed by atoms with Gasteiger partial charge in [-0.3, -0.25) is 9.52 Å². The Morgan fingerprint density at radius 1 is 0.741 bits per heavy atom. The van der Waals surface area contributed by atoms with Crippen LogP contribution in [0.4, 0.5) is 22.7 Å². The number of benzene rings is 3. The highest BCUT2D eigenvalue weighted by Crippen LogP contribution is 2.27. The molecule has 27 heavy (non-hydrogen) atoms. The molecule has 0 radical (unpaired) electrons. The number of carbonyl (C=O) groups excluding carboxylic acids is 1. The van der Waals surface area contributed by atoms with E-state index in [1.54, 1.807) is 30.3 Å². The van der Waals surface area contributed by atoms with E-state index in [9.17, 15) is 13.2 Å². The number of hydrogen-bond acceptors (Lipinski definition) is 4. The van der Waals surface area contributed by atoms with Gasteiger partial charge in [0.1, 0.15) is 0 Å². The van der Waals surface area contributed by atoms with Crippen molar-refractivity contribution in [3.05, 3.63) is 78.9 Å². The third-order valence-electron chi connectivity index (χ3n) is 3.71. The number of sulfonamides is 1. The Bertz CT molecular complexity index is 1030. The number of anilines is 4. The summed E-state index contributed by atoms with van der Waals surface area (Å²) in [6, 6.07) is 22.5. The van der Waals surface area contributed by atoms with Gasteiger partial charge in [0.05, 0.1) is 16.3 Å². The lowest BCUT2D eigenvalue weighted by molar-refractivity contribution is -0.114. The maximum absolute atomic E-state index is 12.7. The molecule has 0 aromatic heterocycles. The van der Waals surface area contributed by atoms with Crippen LogP contribution < -0.4 is 15.4 Å². The summed E-state index contributed by atoms with van der Waals surface area (Å²) in [4.78, 5) is 11.2. The second-order valence-corrected chi connectivity index (χ2v) is 7.53. The Morgan fingerprint density at radius 3 is 1.96 bits per heavy atom. The van der Waals surface area contributed by atoms with Gasteiger partial charge in [-0.2, -0.15) is 0 Å². The first-order valence-electron chi connectivity index (χ1n) is 8.26. The van der Waals surface area contributed by atoms with Crippen LogP contribution in [0, 0.1) is 0 Å². The fraction of sp³-hybridized carbons (Fsp3) is 0.0500. The molecule has 0 unspecified atom stereocenters. The first-order chi connectivity index (χ1) is 12.9.